The third-order valence-corrected chi connectivity index (χ3v) is 6.68. The van der Waals surface area contributed by atoms with Crippen molar-refractivity contribution in [2.75, 3.05) is 21.7 Å². The minimum absolute atomic E-state index is 0.0273. The van der Waals surface area contributed by atoms with Gasteiger partial charge < -0.3 is 14.7 Å². The molecule has 2 aliphatic heterocycles. The largest absolute Gasteiger partial charge is 0.355 e. The number of carbonyl (C=O) groups is 2. The molecule has 0 radical (unpaired) electrons. The monoisotopic (exact) mass is 427 g/mol. The maximum Gasteiger partial charge on any atom is 0.249 e. The first-order valence-corrected chi connectivity index (χ1v) is 10.7. The molecule has 2 aromatic rings. The lowest BCUT2D eigenvalue weighted by Crippen LogP contribution is -2.52. The summed E-state index contributed by atoms with van der Waals surface area (Å²) in [5.74, 6) is -0.622. The van der Waals surface area contributed by atoms with Crippen LogP contribution in [0.3, 0.4) is 0 Å². The lowest BCUT2D eigenvalue weighted by molar-refractivity contribution is -0.119. The van der Waals surface area contributed by atoms with Crippen molar-refractivity contribution < 1.29 is 14.0 Å². The van der Waals surface area contributed by atoms with Gasteiger partial charge in [0.15, 0.2) is 5.82 Å². The van der Waals surface area contributed by atoms with Gasteiger partial charge in [0.1, 0.15) is 11.7 Å². The molecule has 0 bridgehead atoms. The molecule has 3 aliphatic rings. The molecule has 1 saturated heterocycles. The minimum atomic E-state index is -0.481. The highest BCUT2D eigenvalue weighted by atomic mass is 35.5. The zero-order valence-electron chi connectivity index (χ0n) is 16.9. The van der Waals surface area contributed by atoms with E-state index in [9.17, 15) is 9.59 Å². The Morgan fingerprint density at radius 2 is 1.77 bits per heavy atom. The van der Waals surface area contributed by atoms with E-state index in [1.807, 2.05) is 42.2 Å². The Kier molecular flexibility index (Phi) is 4.51. The Morgan fingerprint density at radius 1 is 1.07 bits per heavy atom. The second-order valence-electron chi connectivity index (χ2n) is 8.38. The number of carbonyl (C=O) groups excluding carboxylic acids is 2. The predicted molar refractivity (Wildman–Crippen MR) is 116 cm³/mol. The molecule has 0 aromatic heterocycles. The molecule has 5 nitrogen and oxygen atoms in total. The molecule has 30 heavy (non-hydrogen) atoms. The lowest BCUT2D eigenvalue weighted by Gasteiger charge is -2.41. The average molecular weight is 428 g/mol. The van der Waals surface area contributed by atoms with Gasteiger partial charge in [-0.1, -0.05) is 23.7 Å². The summed E-state index contributed by atoms with van der Waals surface area (Å²) in [7, 11) is 1.61. The Balaban J connectivity index is 1.61. The zero-order chi connectivity index (χ0) is 21.2. The standard InChI is InChI=1S/C23H23ClFN3O2/c1-13-23(30)26(2)22-18(25)11-17(12-20(22)27(13)16-7-8-16)28-19(9-10-21(28)29)14-3-5-15(24)6-4-14/h3-6,11-13,16,19H,7-10H2,1-2H3. The summed E-state index contributed by atoms with van der Waals surface area (Å²) < 4.78 is 15.3. The number of amides is 2. The molecule has 2 amide bonds. The molecule has 5 rings (SSSR count). The van der Waals surface area contributed by atoms with E-state index in [1.165, 1.54) is 11.0 Å². The van der Waals surface area contributed by atoms with Crippen LogP contribution in [-0.2, 0) is 9.59 Å². The van der Waals surface area contributed by atoms with Gasteiger partial charge in [-0.15, -0.1) is 0 Å². The van der Waals surface area contributed by atoms with Gasteiger partial charge in [0.25, 0.3) is 0 Å². The molecule has 7 heteroatoms. The number of benzene rings is 2. The van der Waals surface area contributed by atoms with Crippen molar-refractivity contribution in [1.29, 1.82) is 0 Å². The Morgan fingerprint density at radius 3 is 2.43 bits per heavy atom. The van der Waals surface area contributed by atoms with Gasteiger partial charge in [0, 0.05) is 30.2 Å². The molecule has 0 N–H and O–H groups in total. The van der Waals surface area contributed by atoms with E-state index < -0.39 is 5.82 Å². The van der Waals surface area contributed by atoms with E-state index in [4.69, 9.17) is 11.6 Å². The van der Waals surface area contributed by atoms with Crippen LogP contribution in [0.4, 0.5) is 21.5 Å². The summed E-state index contributed by atoms with van der Waals surface area (Å²) in [6, 6.07) is 10.4. The summed E-state index contributed by atoms with van der Waals surface area (Å²) in [6.07, 6.45) is 3.05. The molecule has 0 spiro atoms. The average Bonchev–Trinajstić information content (AvgIpc) is 3.47. The molecule has 2 heterocycles. The number of hydrogen-bond acceptors (Lipinski definition) is 3. The fourth-order valence-corrected chi connectivity index (χ4v) is 4.96. The second-order valence-corrected chi connectivity index (χ2v) is 8.81. The fraction of sp³-hybridized carbons (Fsp3) is 0.391. The van der Waals surface area contributed by atoms with Crippen LogP contribution in [0.25, 0.3) is 0 Å². The molecule has 2 unspecified atom stereocenters. The molecular weight excluding hydrogens is 405 g/mol. The highest BCUT2D eigenvalue weighted by Crippen LogP contribution is 2.47. The summed E-state index contributed by atoms with van der Waals surface area (Å²) >= 11 is 6.02. The quantitative estimate of drug-likeness (QED) is 0.714. The predicted octanol–water partition coefficient (Wildman–Crippen LogP) is 4.68. The van der Waals surface area contributed by atoms with Crippen LogP contribution in [-0.4, -0.2) is 30.9 Å². The van der Waals surface area contributed by atoms with Gasteiger partial charge in [-0.25, -0.2) is 4.39 Å². The van der Waals surface area contributed by atoms with Crippen molar-refractivity contribution in [2.45, 2.75) is 50.7 Å². The molecule has 1 saturated carbocycles. The van der Waals surface area contributed by atoms with Crippen molar-refractivity contribution in [3.8, 4) is 0 Å². The van der Waals surface area contributed by atoms with Crippen LogP contribution in [0.1, 0.15) is 44.2 Å². The van der Waals surface area contributed by atoms with E-state index in [2.05, 4.69) is 0 Å². The number of hydrogen-bond donors (Lipinski definition) is 0. The smallest absolute Gasteiger partial charge is 0.249 e. The molecule has 156 valence electrons. The maximum absolute atomic E-state index is 15.3. The molecular formula is C23H23ClFN3O2. The third kappa shape index (κ3) is 2.97. The maximum atomic E-state index is 15.3. The Hall–Kier alpha value is -2.60. The zero-order valence-corrected chi connectivity index (χ0v) is 17.7. The van der Waals surface area contributed by atoms with Crippen molar-refractivity contribution in [3.63, 3.8) is 0 Å². The summed E-state index contributed by atoms with van der Waals surface area (Å²) in [5, 5.41) is 0.635. The number of likely N-dealkylation sites (N-methyl/N-ethyl adjacent to an activating group) is 1. The van der Waals surface area contributed by atoms with E-state index in [1.54, 1.807) is 11.9 Å². The number of halogens is 2. The van der Waals surface area contributed by atoms with Crippen LogP contribution in [0.5, 0.6) is 0 Å². The number of rotatable bonds is 3. The van der Waals surface area contributed by atoms with Crippen LogP contribution >= 0.6 is 11.6 Å². The highest BCUT2D eigenvalue weighted by Gasteiger charge is 2.43. The van der Waals surface area contributed by atoms with E-state index >= 15 is 4.39 Å². The normalized spacial score (nSPS) is 23.9. The van der Waals surface area contributed by atoms with Crippen LogP contribution in [0, 0.1) is 5.82 Å². The van der Waals surface area contributed by atoms with Crippen molar-refractivity contribution in [1.82, 2.24) is 0 Å². The fourth-order valence-electron chi connectivity index (χ4n) is 4.83. The number of nitrogens with zero attached hydrogens (tertiary/aromatic N) is 3. The van der Waals surface area contributed by atoms with Gasteiger partial charge in [-0.3, -0.25) is 9.59 Å². The third-order valence-electron chi connectivity index (χ3n) is 6.43. The van der Waals surface area contributed by atoms with Crippen molar-refractivity contribution >= 4 is 40.5 Å². The van der Waals surface area contributed by atoms with E-state index in [0.29, 0.717) is 34.9 Å². The lowest BCUT2D eigenvalue weighted by atomic mass is 10.0. The summed E-state index contributed by atoms with van der Waals surface area (Å²) in [6.45, 7) is 1.86. The van der Waals surface area contributed by atoms with Crippen LogP contribution in [0.15, 0.2) is 36.4 Å². The van der Waals surface area contributed by atoms with E-state index in [-0.39, 0.29) is 29.9 Å². The number of anilines is 3. The van der Waals surface area contributed by atoms with Gasteiger partial charge >= 0.3 is 0 Å². The Labute approximate surface area is 180 Å². The van der Waals surface area contributed by atoms with Gasteiger partial charge in [-0.2, -0.15) is 0 Å². The van der Waals surface area contributed by atoms with Crippen molar-refractivity contribution in [2.24, 2.45) is 0 Å². The first kappa shape index (κ1) is 19.4. The summed E-state index contributed by atoms with van der Waals surface area (Å²) in [5.41, 5.74) is 2.50. The highest BCUT2D eigenvalue weighted by molar-refractivity contribution is 6.30. The second kappa shape index (κ2) is 6.98. The minimum Gasteiger partial charge on any atom is -0.355 e. The van der Waals surface area contributed by atoms with Gasteiger partial charge in [0.2, 0.25) is 11.8 Å². The SMILES string of the molecule is CC1C(=O)N(C)c2c(F)cc(N3C(=O)CCC3c3ccc(Cl)cc3)cc2N1C1CC1. The number of fused-ring (bicyclic) bond motifs is 1. The van der Waals surface area contributed by atoms with Gasteiger partial charge in [-0.05, 0) is 56.0 Å². The van der Waals surface area contributed by atoms with Crippen molar-refractivity contribution in [3.05, 3.63) is 52.8 Å². The summed E-state index contributed by atoms with van der Waals surface area (Å²) in [4.78, 5) is 30.6. The molecule has 2 fully saturated rings. The topological polar surface area (TPSA) is 43.9 Å². The van der Waals surface area contributed by atoms with Gasteiger partial charge in [0.05, 0.1) is 11.7 Å². The molecule has 1 aliphatic carbocycles. The molecule has 2 atom stereocenters. The van der Waals surface area contributed by atoms with E-state index in [0.717, 1.165) is 18.4 Å². The molecule has 2 aromatic carbocycles. The van der Waals surface area contributed by atoms with Crippen LogP contribution in [0.2, 0.25) is 5.02 Å². The first-order valence-electron chi connectivity index (χ1n) is 10.3. The van der Waals surface area contributed by atoms with Crippen LogP contribution < -0.4 is 14.7 Å². The first-order chi connectivity index (χ1) is 14.4. The Bertz CT molecular complexity index is 1040.